The van der Waals surface area contributed by atoms with E-state index in [0.717, 1.165) is 12.1 Å². The van der Waals surface area contributed by atoms with E-state index in [9.17, 15) is 4.79 Å². The molecule has 0 saturated heterocycles. The first-order chi connectivity index (χ1) is 7.52. The summed E-state index contributed by atoms with van der Waals surface area (Å²) in [6.07, 6.45) is 3.33. The van der Waals surface area contributed by atoms with Crippen molar-refractivity contribution < 1.29 is 4.79 Å². The van der Waals surface area contributed by atoms with Crippen molar-refractivity contribution in [3.8, 4) is 0 Å². The van der Waals surface area contributed by atoms with Gasteiger partial charge in [0.2, 0.25) is 0 Å². The lowest BCUT2D eigenvalue weighted by Crippen LogP contribution is -2.42. The van der Waals surface area contributed by atoms with Gasteiger partial charge in [0.05, 0.1) is 0 Å². The second-order valence-corrected chi connectivity index (χ2v) is 5.17. The molecule has 0 bridgehead atoms. The van der Waals surface area contributed by atoms with Gasteiger partial charge in [0, 0.05) is 17.2 Å². The van der Waals surface area contributed by atoms with Crippen molar-refractivity contribution in [1.82, 2.24) is 15.5 Å². The van der Waals surface area contributed by atoms with E-state index in [1.54, 1.807) is 0 Å². The van der Waals surface area contributed by atoms with Gasteiger partial charge in [-0.3, -0.25) is 9.89 Å². The fourth-order valence-electron chi connectivity index (χ4n) is 1.52. The van der Waals surface area contributed by atoms with Crippen LogP contribution >= 0.6 is 0 Å². The molecule has 0 atom stereocenters. The van der Waals surface area contributed by atoms with Crippen LogP contribution in [0.4, 0.5) is 0 Å². The van der Waals surface area contributed by atoms with Gasteiger partial charge in [0.15, 0.2) is 0 Å². The molecule has 1 heterocycles. The summed E-state index contributed by atoms with van der Waals surface area (Å²) < 4.78 is 0. The summed E-state index contributed by atoms with van der Waals surface area (Å²) in [5.74, 6) is 0.517. The van der Waals surface area contributed by atoms with Crippen LogP contribution in [-0.2, 0) is 0 Å². The van der Waals surface area contributed by atoms with E-state index in [2.05, 4.69) is 22.4 Å². The Kier molecular flexibility index (Phi) is 2.74. The molecular weight excluding hydrogens is 202 g/mol. The van der Waals surface area contributed by atoms with Crippen molar-refractivity contribution in [2.75, 3.05) is 0 Å². The SMILES string of the molecule is CCC(C)(C)NC(=O)c1cc(C2CC2)[nH]n1. The lowest BCUT2D eigenvalue weighted by molar-refractivity contribution is 0.0906. The average Bonchev–Trinajstić information content (AvgIpc) is 2.96. The molecule has 16 heavy (non-hydrogen) atoms. The van der Waals surface area contributed by atoms with E-state index in [4.69, 9.17) is 0 Å². The van der Waals surface area contributed by atoms with Crippen LogP contribution in [0.5, 0.6) is 0 Å². The summed E-state index contributed by atoms with van der Waals surface area (Å²) in [6.45, 7) is 6.08. The summed E-state index contributed by atoms with van der Waals surface area (Å²) in [6, 6.07) is 1.87. The van der Waals surface area contributed by atoms with Crippen LogP contribution in [0.2, 0.25) is 0 Å². The van der Waals surface area contributed by atoms with E-state index in [-0.39, 0.29) is 11.4 Å². The van der Waals surface area contributed by atoms with Gasteiger partial charge in [-0.05, 0) is 39.2 Å². The van der Waals surface area contributed by atoms with Crippen LogP contribution in [0.3, 0.4) is 0 Å². The highest BCUT2D eigenvalue weighted by atomic mass is 16.2. The lowest BCUT2D eigenvalue weighted by Gasteiger charge is -2.23. The minimum Gasteiger partial charge on any atom is -0.346 e. The van der Waals surface area contributed by atoms with Crippen LogP contribution < -0.4 is 5.32 Å². The molecule has 1 aliphatic carbocycles. The number of rotatable bonds is 4. The quantitative estimate of drug-likeness (QED) is 0.819. The Labute approximate surface area is 95.8 Å². The van der Waals surface area contributed by atoms with E-state index in [1.807, 2.05) is 19.9 Å². The number of hydrogen-bond acceptors (Lipinski definition) is 2. The zero-order chi connectivity index (χ0) is 11.8. The third-order valence-corrected chi connectivity index (χ3v) is 3.18. The zero-order valence-corrected chi connectivity index (χ0v) is 10.1. The van der Waals surface area contributed by atoms with Gasteiger partial charge < -0.3 is 5.32 Å². The molecule has 4 nitrogen and oxygen atoms in total. The fraction of sp³-hybridized carbons (Fsp3) is 0.667. The molecule has 1 fully saturated rings. The highest BCUT2D eigenvalue weighted by molar-refractivity contribution is 5.92. The van der Waals surface area contributed by atoms with Crippen molar-refractivity contribution >= 4 is 5.91 Å². The Hall–Kier alpha value is -1.32. The number of carbonyl (C=O) groups excluding carboxylic acids is 1. The number of aromatic nitrogens is 2. The van der Waals surface area contributed by atoms with Gasteiger partial charge in [-0.2, -0.15) is 5.10 Å². The molecule has 1 aliphatic rings. The third-order valence-electron chi connectivity index (χ3n) is 3.18. The van der Waals surface area contributed by atoms with Gasteiger partial charge in [-0.25, -0.2) is 0 Å². The first kappa shape index (κ1) is 11.2. The molecule has 0 unspecified atom stereocenters. The first-order valence-electron chi connectivity index (χ1n) is 5.89. The predicted molar refractivity (Wildman–Crippen MR) is 62.4 cm³/mol. The van der Waals surface area contributed by atoms with Gasteiger partial charge in [0.25, 0.3) is 5.91 Å². The molecular formula is C12H19N3O. The van der Waals surface area contributed by atoms with Crippen LogP contribution in [0.1, 0.15) is 62.1 Å². The summed E-state index contributed by atoms with van der Waals surface area (Å²) in [5, 5.41) is 9.97. The lowest BCUT2D eigenvalue weighted by atomic mass is 10.0. The van der Waals surface area contributed by atoms with Crippen LogP contribution in [0.25, 0.3) is 0 Å². The largest absolute Gasteiger partial charge is 0.346 e. The van der Waals surface area contributed by atoms with E-state index >= 15 is 0 Å². The monoisotopic (exact) mass is 221 g/mol. The molecule has 0 aromatic carbocycles. The van der Waals surface area contributed by atoms with Crippen LogP contribution in [0.15, 0.2) is 6.07 Å². The van der Waals surface area contributed by atoms with E-state index in [0.29, 0.717) is 11.6 Å². The Morgan fingerprint density at radius 1 is 1.62 bits per heavy atom. The Balaban J connectivity index is 2.02. The van der Waals surface area contributed by atoms with Crippen molar-refractivity contribution in [3.05, 3.63) is 17.5 Å². The molecule has 1 aromatic heterocycles. The summed E-state index contributed by atoms with van der Waals surface area (Å²) in [5.41, 5.74) is 1.43. The molecule has 0 aliphatic heterocycles. The topological polar surface area (TPSA) is 57.8 Å². The molecule has 0 spiro atoms. The number of amides is 1. The minimum absolute atomic E-state index is 0.0880. The van der Waals surface area contributed by atoms with E-state index < -0.39 is 0 Å². The van der Waals surface area contributed by atoms with Gasteiger partial charge >= 0.3 is 0 Å². The highest BCUT2D eigenvalue weighted by Gasteiger charge is 2.27. The molecule has 2 N–H and O–H groups in total. The highest BCUT2D eigenvalue weighted by Crippen LogP contribution is 2.38. The van der Waals surface area contributed by atoms with Crippen molar-refractivity contribution in [2.45, 2.75) is 51.5 Å². The average molecular weight is 221 g/mol. The van der Waals surface area contributed by atoms with Crippen molar-refractivity contribution in [3.63, 3.8) is 0 Å². The third kappa shape index (κ3) is 2.43. The molecule has 1 amide bonds. The van der Waals surface area contributed by atoms with Crippen LogP contribution in [0, 0.1) is 0 Å². The van der Waals surface area contributed by atoms with Gasteiger partial charge in [-0.15, -0.1) is 0 Å². The second kappa shape index (κ2) is 3.92. The van der Waals surface area contributed by atoms with Crippen molar-refractivity contribution in [2.24, 2.45) is 0 Å². The number of H-pyrrole nitrogens is 1. The van der Waals surface area contributed by atoms with Gasteiger partial charge in [0.1, 0.15) is 5.69 Å². The smallest absolute Gasteiger partial charge is 0.272 e. The maximum absolute atomic E-state index is 11.9. The summed E-state index contributed by atoms with van der Waals surface area (Å²) in [4.78, 5) is 11.9. The second-order valence-electron chi connectivity index (χ2n) is 5.17. The zero-order valence-electron chi connectivity index (χ0n) is 10.1. The Bertz CT molecular complexity index is 391. The number of hydrogen-bond donors (Lipinski definition) is 2. The minimum atomic E-state index is -0.171. The maximum Gasteiger partial charge on any atom is 0.272 e. The summed E-state index contributed by atoms with van der Waals surface area (Å²) in [7, 11) is 0. The maximum atomic E-state index is 11.9. The van der Waals surface area contributed by atoms with Gasteiger partial charge in [-0.1, -0.05) is 6.92 Å². The molecule has 88 valence electrons. The molecule has 4 heteroatoms. The normalized spacial score (nSPS) is 16.2. The standard InChI is InChI=1S/C12H19N3O/c1-4-12(2,3)13-11(16)10-7-9(14-15-10)8-5-6-8/h7-8H,4-6H2,1-3H3,(H,13,16)(H,14,15). The predicted octanol–water partition coefficient (Wildman–Crippen LogP) is 2.21. The van der Waals surface area contributed by atoms with Crippen LogP contribution in [-0.4, -0.2) is 21.6 Å². The Morgan fingerprint density at radius 3 is 2.88 bits per heavy atom. The molecule has 0 radical (unpaired) electrons. The Morgan fingerprint density at radius 2 is 2.31 bits per heavy atom. The number of nitrogens with zero attached hydrogens (tertiary/aromatic N) is 1. The number of aromatic amines is 1. The van der Waals surface area contributed by atoms with Crippen molar-refractivity contribution in [1.29, 1.82) is 0 Å². The molecule has 1 saturated carbocycles. The molecule has 2 rings (SSSR count). The first-order valence-corrected chi connectivity index (χ1v) is 5.89. The van der Waals surface area contributed by atoms with E-state index in [1.165, 1.54) is 12.8 Å². The molecule has 1 aromatic rings. The number of carbonyl (C=O) groups is 1. The summed E-state index contributed by atoms with van der Waals surface area (Å²) >= 11 is 0. The number of nitrogens with one attached hydrogen (secondary N) is 2. The fourth-order valence-corrected chi connectivity index (χ4v) is 1.52.